The Bertz CT molecular complexity index is 1600. The van der Waals surface area contributed by atoms with Gasteiger partial charge in [-0.2, -0.15) is 18.3 Å². The summed E-state index contributed by atoms with van der Waals surface area (Å²) in [6.45, 7) is 1.72. The standard InChI is InChI=1S/C26H20F3N7O/c27-26(28,29)22-15-21(19-8-3-6-17-5-1-2-7-18(17)19)33-23-20(16-32-36(22)23)24(37)34-11-13-35(14-12-34)25-30-9-4-10-31-25/h1-10,15-16H,11-14H2. The van der Waals surface area contributed by atoms with Crippen LogP contribution in [0, 0.1) is 0 Å². The molecule has 186 valence electrons. The maximum Gasteiger partial charge on any atom is 0.433 e. The minimum absolute atomic E-state index is 0.0250. The summed E-state index contributed by atoms with van der Waals surface area (Å²) in [4.78, 5) is 30.0. The van der Waals surface area contributed by atoms with Crippen molar-refractivity contribution in [2.24, 2.45) is 0 Å². The molecule has 1 saturated heterocycles. The predicted molar refractivity (Wildman–Crippen MR) is 131 cm³/mol. The van der Waals surface area contributed by atoms with Crippen molar-refractivity contribution in [3.8, 4) is 11.3 Å². The molecule has 2 aromatic carbocycles. The summed E-state index contributed by atoms with van der Waals surface area (Å²) in [6.07, 6.45) is -0.236. The highest BCUT2D eigenvalue weighted by atomic mass is 19.4. The van der Waals surface area contributed by atoms with E-state index in [2.05, 4.69) is 20.1 Å². The Hall–Kier alpha value is -4.54. The molecule has 37 heavy (non-hydrogen) atoms. The van der Waals surface area contributed by atoms with E-state index in [0.29, 0.717) is 42.2 Å². The van der Waals surface area contributed by atoms with E-state index in [1.54, 1.807) is 35.5 Å². The highest BCUT2D eigenvalue weighted by Gasteiger charge is 2.36. The van der Waals surface area contributed by atoms with Gasteiger partial charge in [-0.3, -0.25) is 4.79 Å². The summed E-state index contributed by atoms with van der Waals surface area (Å²) in [6, 6.07) is 15.5. The Morgan fingerprint density at radius 1 is 0.892 bits per heavy atom. The van der Waals surface area contributed by atoms with Gasteiger partial charge in [0.05, 0.1) is 11.9 Å². The quantitative estimate of drug-likeness (QED) is 0.365. The highest BCUT2D eigenvalue weighted by molar-refractivity contribution is 6.01. The van der Waals surface area contributed by atoms with Gasteiger partial charge in [-0.1, -0.05) is 42.5 Å². The number of rotatable bonds is 3. The Labute approximate surface area is 209 Å². The molecule has 5 aromatic rings. The monoisotopic (exact) mass is 503 g/mol. The number of amides is 1. The summed E-state index contributed by atoms with van der Waals surface area (Å²) in [5.41, 5.74) is -0.432. The molecule has 1 amide bonds. The second-order valence-corrected chi connectivity index (χ2v) is 8.67. The Morgan fingerprint density at radius 2 is 1.62 bits per heavy atom. The number of nitrogens with zero attached hydrogens (tertiary/aromatic N) is 7. The fourth-order valence-electron chi connectivity index (χ4n) is 4.64. The Balaban J connectivity index is 1.39. The first-order valence-corrected chi connectivity index (χ1v) is 11.7. The zero-order valence-corrected chi connectivity index (χ0v) is 19.4. The number of benzene rings is 2. The van der Waals surface area contributed by atoms with Crippen molar-refractivity contribution in [2.45, 2.75) is 6.18 Å². The number of carbonyl (C=O) groups excluding carboxylic acids is 1. The highest BCUT2D eigenvalue weighted by Crippen LogP contribution is 2.35. The second kappa shape index (κ2) is 8.84. The van der Waals surface area contributed by atoms with Crippen LogP contribution >= 0.6 is 0 Å². The zero-order chi connectivity index (χ0) is 25.6. The van der Waals surface area contributed by atoms with Crippen LogP contribution in [0.1, 0.15) is 16.1 Å². The van der Waals surface area contributed by atoms with Gasteiger partial charge in [0.2, 0.25) is 5.95 Å². The summed E-state index contributed by atoms with van der Waals surface area (Å²) in [7, 11) is 0. The van der Waals surface area contributed by atoms with Gasteiger partial charge in [-0.15, -0.1) is 0 Å². The molecule has 8 nitrogen and oxygen atoms in total. The number of aromatic nitrogens is 5. The Kier molecular flexibility index (Phi) is 5.47. The van der Waals surface area contributed by atoms with Crippen LogP contribution in [0.25, 0.3) is 27.7 Å². The maximum absolute atomic E-state index is 14.1. The minimum Gasteiger partial charge on any atom is -0.337 e. The van der Waals surface area contributed by atoms with E-state index in [1.807, 2.05) is 35.2 Å². The van der Waals surface area contributed by atoms with Gasteiger partial charge in [0, 0.05) is 44.1 Å². The first-order chi connectivity index (χ1) is 17.9. The van der Waals surface area contributed by atoms with Crippen LogP contribution in [0.15, 0.2) is 73.2 Å². The summed E-state index contributed by atoms with van der Waals surface area (Å²) >= 11 is 0. The van der Waals surface area contributed by atoms with E-state index in [4.69, 9.17) is 0 Å². The van der Waals surface area contributed by atoms with Gasteiger partial charge in [0.1, 0.15) is 5.56 Å². The molecule has 1 aliphatic heterocycles. The molecule has 0 bridgehead atoms. The molecule has 3 aromatic heterocycles. The van der Waals surface area contributed by atoms with E-state index in [-0.39, 0.29) is 16.9 Å². The van der Waals surface area contributed by atoms with Crippen molar-refractivity contribution in [1.29, 1.82) is 0 Å². The average Bonchev–Trinajstić information content (AvgIpc) is 3.36. The number of piperazine rings is 1. The molecule has 0 saturated carbocycles. The fourth-order valence-corrected chi connectivity index (χ4v) is 4.64. The SMILES string of the molecule is O=C(c1cnn2c(C(F)(F)F)cc(-c3cccc4ccccc34)nc12)N1CCN(c2ncccn2)CC1. The van der Waals surface area contributed by atoms with Crippen LogP contribution in [-0.2, 0) is 6.18 Å². The van der Waals surface area contributed by atoms with Crippen molar-refractivity contribution >= 4 is 28.3 Å². The molecule has 0 atom stereocenters. The first-order valence-electron chi connectivity index (χ1n) is 11.7. The van der Waals surface area contributed by atoms with Crippen molar-refractivity contribution < 1.29 is 18.0 Å². The summed E-state index contributed by atoms with van der Waals surface area (Å²) in [5.74, 6) is 0.154. The van der Waals surface area contributed by atoms with Crippen molar-refractivity contribution in [1.82, 2.24) is 29.5 Å². The van der Waals surface area contributed by atoms with Crippen LogP contribution in [0.3, 0.4) is 0 Å². The van der Waals surface area contributed by atoms with E-state index in [1.165, 1.54) is 6.20 Å². The lowest BCUT2D eigenvalue weighted by molar-refractivity contribution is -0.142. The van der Waals surface area contributed by atoms with E-state index >= 15 is 0 Å². The third-order valence-corrected chi connectivity index (χ3v) is 6.46. The molecule has 1 fully saturated rings. The lowest BCUT2D eigenvalue weighted by Crippen LogP contribution is -2.49. The largest absolute Gasteiger partial charge is 0.433 e. The topological polar surface area (TPSA) is 79.5 Å². The predicted octanol–water partition coefficient (Wildman–Crippen LogP) is 4.32. The number of halogens is 3. The van der Waals surface area contributed by atoms with Gasteiger partial charge in [-0.25, -0.2) is 19.5 Å². The lowest BCUT2D eigenvalue weighted by Gasteiger charge is -2.34. The number of hydrogen-bond donors (Lipinski definition) is 0. The van der Waals surface area contributed by atoms with Crippen LogP contribution < -0.4 is 4.90 Å². The van der Waals surface area contributed by atoms with E-state index in [9.17, 15) is 18.0 Å². The molecule has 6 rings (SSSR count). The van der Waals surface area contributed by atoms with Crippen molar-refractivity contribution in [3.05, 3.63) is 84.4 Å². The third-order valence-electron chi connectivity index (χ3n) is 6.46. The molecular weight excluding hydrogens is 483 g/mol. The van der Waals surface area contributed by atoms with Crippen molar-refractivity contribution in [2.75, 3.05) is 31.1 Å². The molecule has 0 radical (unpaired) electrons. The normalized spacial score (nSPS) is 14.5. The number of carbonyl (C=O) groups is 1. The van der Waals surface area contributed by atoms with Gasteiger partial charge in [0.25, 0.3) is 5.91 Å². The van der Waals surface area contributed by atoms with Gasteiger partial charge in [-0.05, 0) is 22.9 Å². The first kappa shape index (κ1) is 22.9. The zero-order valence-electron chi connectivity index (χ0n) is 19.4. The van der Waals surface area contributed by atoms with Crippen LogP contribution in [0.2, 0.25) is 0 Å². The molecule has 0 spiro atoms. The number of alkyl halides is 3. The van der Waals surface area contributed by atoms with Crippen LogP contribution in [-0.4, -0.2) is 61.6 Å². The summed E-state index contributed by atoms with van der Waals surface area (Å²) in [5, 5.41) is 5.56. The molecule has 0 N–H and O–H groups in total. The molecule has 0 aliphatic carbocycles. The van der Waals surface area contributed by atoms with Crippen molar-refractivity contribution in [3.63, 3.8) is 0 Å². The maximum atomic E-state index is 14.1. The average molecular weight is 503 g/mol. The lowest BCUT2D eigenvalue weighted by atomic mass is 10.0. The van der Waals surface area contributed by atoms with Crippen LogP contribution in [0.5, 0.6) is 0 Å². The summed E-state index contributed by atoms with van der Waals surface area (Å²) < 4.78 is 43.0. The second-order valence-electron chi connectivity index (χ2n) is 8.67. The number of hydrogen-bond acceptors (Lipinski definition) is 6. The molecule has 0 unspecified atom stereocenters. The molecular formula is C26H20F3N7O. The Morgan fingerprint density at radius 3 is 2.38 bits per heavy atom. The molecule has 11 heteroatoms. The van der Waals surface area contributed by atoms with Gasteiger partial charge in [0.15, 0.2) is 11.3 Å². The molecule has 4 heterocycles. The van der Waals surface area contributed by atoms with Gasteiger partial charge >= 0.3 is 6.18 Å². The fraction of sp³-hybridized carbons (Fsp3) is 0.192. The van der Waals surface area contributed by atoms with E-state index in [0.717, 1.165) is 16.8 Å². The smallest absolute Gasteiger partial charge is 0.337 e. The van der Waals surface area contributed by atoms with E-state index < -0.39 is 17.8 Å². The van der Waals surface area contributed by atoms with Gasteiger partial charge < -0.3 is 9.80 Å². The number of fused-ring (bicyclic) bond motifs is 2. The minimum atomic E-state index is -4.70. The molecule has 1 aliphatic rings. The van der Waals surface area contributed by atoms with Crippen LogP contribution in [0.4, 0.5) is 19.1 Å². The number of anilines is 1. The third kappa shape index (κ3) is 4.11.